The van der Waals surface area contributed by atoms with Gasteiger partial charge in [0.1, 0.15) is 0 Å². The van der Waals surface area contributed by atoms with E-state index in [2.05, 4.69) is 0 Å². The average Bonchev–Trinajstić information content (AvgIpc) is 2.25. The molecular formula is C11H15N3O4S. The van der Waals surface area contributed by atoms with Crippen molar-refractivity contribution in [3.8, 4) is 0 Å². The number of carbonyl (C=O) groups is 2. The van der Waals surface area contributed by atoms with Crippen LogP contribution in [0.3, 0.4) is 0 Å². The fourth-order valence-electron chi connectivity index (χ4n) is 1.72. The molecule has 6 N–H and O–H groups in total. The summed E-state index contributed by atoms with van der Waals surface area (Å²) in [7, 11) is -3.52. The second-order valence-electron chi connectivity index (χ2n) is 4.19. The summed E-state index contributed by atoms with van der Waals surface area (Å²) in [5.74, 6) is -1.64. The van der Waals surface area contributed by atoms with Crippen LogP contribution in [-0.2, 0) is 9.84 Å². The Kier molecular flexibility index (Phi) is 3.85. The largest absolute Gasteiger partial charge is 0.398 e. The van der Waals surface area contributed by atoms with E-state index < -0.39 is 26.9 Å². The molecule has 1 unspecified atom stereocenters. The lowest BCUT2D eigenvalue weighted by atomic mass is 9.98. The van der Waals surface area contributed by atoms with E-state index in [0.29, 0.717) is 0 Å². The number of rotatable bonds is 4. The van der Waals surface area contributed by atoms with Crippen LogP contribution in [0.2, 0.25) is 0 Å². The molecule has 1 aromatic carbocycles. The number of hydrogen-bond acceptors (Lipinski definition) is 5. The van der Waals surface area contributed by atoms with Gasteiger partial charge >= 0.3 is 0 Å². The minimum atomic E-state index is -3.52. The van der Waals surface area contributed by atoms with Crippen molar-refractivity contribution in [2.75, 3.05) is 12.0 Å². The molecule has 0 aliphatic heterocycles. The van der Waals surface area contributed by atoms with Crippen LogP contribution in [0.25, 0.3) is 0 Å². The smallest absolute Gasteiger partial charge is 0.250 e. The highest BCUT2D eigenvalue weighted by Gasteiger charge is 2.27. The number of sulfone groups is 1. The summed E-state index contributed by atoms with van der Waals surface area (Å²) in [6.07, 6.45) is 0.999. The van der Waals surface area contributed by atoms with Crippen molar-refractivity contribution in [1.82, 2.24) is 0 Å². The molecule has 0 saturated heterocycles. The van der Waals surface area contributed by atoms with Gasteiger partial charge in [0.25, 0.3) is 5.91 Å². The molecule has 0 radical (unpaired) electrons. The van der Waals surface area contributed by atoms with E-state index in [-0.39, 0.29) is 22.4 Å². The highest BCUT2D eigenvalue weighted by atomic mass is 32.2. The number of nitrogen functional groups attached to an aromatic ring is 1. The van der Waals surface area contributed by atoms with Crippen molar-refractivity contribution >= 4 is 27.3 Å². The molecule has 0 aliphatic carbocycles. The van der Waals surface area contributed by atoms with Gasteiger partial charge < -0.3 is 17.2 Å². The second-order valence-corrected chi connectivity index (χ2v) is 6.55. The van der Waals surface area contributed by atoms with Crippen LogP contribution >= 0.6 is 0 Å². The molecule has 1 atom stereocenters. The van der Waals surface area contributed by atoms with Crippen LogP contribution < -0.4 is 17.2 Å². The fourth-order valence-corrected chi connectivity index (χ4v) is 2.40. The minimum absolute atomic E-state index is 0.00583. The predicted molar refractivity (Wildman–Crippen MR) is 71.1 cm³/mol. The van der Waals surface area contributed by atoms with E-state index in [1.54, 1.807) is 0 Å². The first-order valence-electron chi connectivity index (χ1n) is 5.28. The first-order valence-corrected chi connectivity index (χ1v) is 7.23. The highest BCUT2D eigenvalue weighted by molar-refractivity contribution is 7.90. The SMILES string of the molecule is CC(c1c(C(N)=O)ccc(C(N)=O)c1N)S(C)(=O)=O. The van der Waals surface area contributed by atoms with E-state index >= 15 is 0 Å². The van der Waals surface area contributed by atoms with Gasteiger partial charge in [0.2, 0.25) is 5.91 Å². The van der Waals surface area contributed by atoms with Gasteiger partial charge in [-0.15, -0.1) is 0 Å². The van der Waals surface area contributed by atoms with Crippen molar-refractivity contribution < 1.29 is 18.0 Å². The predicted octanol–water partition coefficient (Wildman–Crippen LogP) is -0.428. The second kappa shape index (κ2) is 4.88. The van der Waals surface area contributed by atoms with Crippen LogP contribution in [0.15, 0.2) is 12.1 Å². The average molecular weight is 285 g/mol. The number of benzene rings is 1. The number of anilines is 1. The summed E-state index contributed by atoms with van der Waals surface area (Å²) in [5.41, 5.74) is 15.8. The third kappa shape index (κ3) is 2.84. The zero-order valence-corrected chi connectivity index (χ0v) is 11.3. The Balaban J connectivity index is 3.71. The van der Waals surface area contributed by atoms with Gasteiger partial charge in [-0.2, -0.15) is 0 Å². The Morgan fingerprint density at radius 1 is 1.11 bits per heavy atom. The summed E-state index contributed by atoms with van der Waals surface area (Å²) < 4.78 is 23.2. The van der Waals surface area contributed by atoms with Gasteiger partial charge in [0.05, 0.1) is 10.8 Å². The van der Waals surface area contributed by atoms with Crippen LogP contribution in [0, 0.1) is 0 Å². The van der Waals surface area contributed by atoms with E-state index in [1.807, 2.05) is 0 Å². The Morgan fingerprint density at radius 2 is 1.53 bits per heavy atom. The van der Waals surface area contributed by atoms with Gasteiger partial charge in [0.15, 0.2) is 9.84 Å². The molecule has 8 heteroatoms. The van der Waals surface area contributed by atoms with Crippen molar-refractivity contribution in [3.05, 3.63) is 28.8 Å². The molecule has 7 nitrogen and oxygen atoms in total. The zero-order chi connectivity index (χ0) is 15.0. The third-order valence-electron chi connectivity index (χ3n) is 2.87. The van der Waals surface area contributed by atoms with Crippen LogP contribution in [0.1, 0.15) is 38.5 Å². The molecule has 0 fully saturated rings. The van der Waals surface area contributed by atoms with Crippen LogP contribution in [-0.4, -0.2) is 26.5 Å². The molecular weight excluding hydrogens is 270 g/mol. The van der Waals surface area contributed by atoms with Crippen LogP contribution in [0.4, 0.5) is 5.69 Å². The standard InChI is InChI=1S/C11H15N3O4S/c1-5(19(2,17)18)8-6(10(13)15)3-4-7(9(8)12)11(14)16/h3-5H,12H2,1-2H3,(H2,13,15)(H2,14,16). The molecule has 19 heavy (non-hydrogen) atoms. The molecule has 1 rings (SSSR count). The molecule has 2 amide bonds. The first kappa shape index (κ1) is 15.0. The normalized spacial score (nSPS) is 12.9. The lowest BCUT2D eigenvalue weighted by Crippen LogP contribution is -2.22. The maximum atomic E-state index is 11.6. The van der Waals surface area contributed by atoms with Gasteiger partial charge in [-0.3, -0.25) is 9.59 Å². The summed E-state index contributed by atoms with van der Waals surface area (Å²) >= 11 is 0. The topological polar surface area (TPSA) is 146 Å². The summed E-state index contributed by atoms with van der Waals surface area (Å²) in [6.45, 7) is 1.36. The third-order valence-corrected chi connectivity index (χ3v) is 4.39. The van der Waals surface area contributed by atoms with E-state index in [4.69, 9.17) is 17.2 Å². The lowest BCUT2D eigenvalue weighted by Gasteiger charge is -2.17. The fraction of sp³-hybridized carbons (Fsp3) is 0.273. The van der Waals surface area contributed by atoms with Gasteiger partial charge in [-0.05, 0) is 19.1 Å². The van der Waals surface area contributed by atoms with Crippen LogP contribution in [0.5, 0.6) is 0 Å². The number of hydrogen-bond donors (Lipinski definition) is 3. The summed E-state index contributed by atoms with van der Waals surface area (Å²) in [5, 5.41) is -1.07. The summed E-state index contributed by atoms with van der Waals surface area (Å²) in [4.78, 5) is 22.5. The number of carbonyl (C=O) groups excluding carboxylic acids is 2. The monoisotopic (exact) mass is 285 g/mol. The van der Waals surface area contributed by atoms with Gasteiger partial charge in [-0.1, -0.05) is 0 Å². The quantitative estimate of drug-likeness (QED) is 0.642. The van der Waals surface area contributed by atoms with Crippen molar-refractivity contribution in [1.29, 1.82) is 0 Å². The summed E-state index contributed by atoms with van der Waals surface area (Å²) in [6, 6.07) is 2.49. The van der Waals surface area contributed by atoms with Gasteiger partial charge in [-0.25, -0.2) is 8.42 Å². The molecule has 0 heterocycles. The van der Waals surface area contributed by atoms with E-state index in [1.165, 1.54) is 19.1 Å². The number of nitrogens with two attached hydrogens (primary N) is 3. The molecule has 0 aliphatic rings. The van der Waals surface area contributed by atoms with Crippen molar-refractivity contribution in [2.45, 2.75) is 12.2 Å². The van der Waals surface area contributed by atoms with Gasteiger partial charge in [0, 0.05) is 23.1 Å². The Bertz CT molecular complexity index is 652. The number of primary amides is 2. The Labute approximate surface area is 110 Å². The number of amides is 2. The lowest BCUT2D eigenvalue weighted by molar-refractivity contribution is 0.0988. The molecule has 0 saturated carbocycles. The molecule has 0 aromatic heterocycles. The van der Waals surface area contributed by atoms with Crippen molar-refractivity contribution in [2.24, 2.45) is 11.5 Å². The zero-order valence-electron chi connectivity index (χ0n) is 10.5. The maximum Gasteiger partial charge on any atom is 0.250 e. The highest BCUT2D eigenvalue weighted by Crippen LogP contribution is 2.32. The van der Waals surface area contributed by atoms with E-state index in [9.17, 15) is 18.0 Å². The molecule has 0 bridgehead atoms. The molecule has 104 valence electrons. The Hall–Kier alpha value is -2.09. The van der Waals surface area contributed by atoms with Crippen molar-refractivity contribution in [3.63, 3.8) is 0 Å². The minimum Gasteiger partial charge on any atom is -0.398 e. The molecule has 0 spiro atoms. The van der Waals surface area contributed by atoms with E-state index in [0.717, 1.165) is 6.26 Å². The Morgan fingerprint density at radius 3 is 1.89 bits per heavy atom. The molecule has 1 aromatic rings. The first-order chi connectivity index (χ1) is 8.57. The maximum absolute atomic E-state index is 11.6.